The molecule has 2 amide bonds. The number of benzene rings is 1. The van der Waals surface area contributed by atoms with Gasteiger partial charge in [-0.05, 0) is 25.0 Å². The summed E-state index contributed by atoms with van der Waals surface area (Å²) in [4.78, 5) is 25.9. The quantitative estimate of drug-likeness (QED) is 0.694. The van der Waals surface area contributed by atoms with Gasteiger partial charge in [0.25, 0.3) is 5.91 Å². The molecule has 6 heteroatoms. The number of piperidine rings is 1. The van der Waals surface area contributed by atoms with Crippen molar-refractivity contribution in [3.05, 3.63) is 23.8 Å². The molecular formula is C14H16N2O4. The van der Waals surface area contributed by atoms with E-state index in [1.807, 2.05) is 0 Å². The van der Waals surface area contributed by atoms with Crippen LogP contribution in [0.15, 0.2) is 18.2 Å². The van der Waals surface area contributed by atoms with E-state index in [9.17, 15) is 19.8 Å². The van der Waals surface area contributed by atoms with Crippen LogP contribution in [0, 0.1) is 5.92 Å². The second-order valence-corrected chi connectivity index (χ2v) is 5.30. The third-order valence-electron chi connectivity index (χ3n) is 4.01. The summed E-state index contributed by atoms with van der Waals surface area (Å²) in [6.07, 6.45) is 1.58. The molecular weight excluding hydrogens is 260 g/mol. The second-order valence-electron chi connectivity index (χ2n) is 5.30. The Labute approximate surface area is 116 Å². The van der Waals surface area contributed by atoms with Crippen molar-refractivity contribution in [1.82, 2.24) is 10.2 Å². The van der Waals surface area contributed by atoms with Gasteiger partial charge in [-0.3, -0.25) is 9.59 Å². The summed E-state index contributed by atoms with van der Waals surface area (Å²) in [5.74, 6) is -0.697. The van der Waals surface area contributed by atoms with E-state index < -0.39 is 0 Å². The fourth-order valence-corrected chi connectivity index (χ4v) is 3.09. The number of phenolic OH excluding ortho intramolecular Hbond substituents is 2. The van der Waals surface area contributed by atoms with Crippen molar-refractivity contribution in [2.75, 3.05) is 13.1 Å². The van der Waals surface area contributed by atoms with E-state index in [4.69, 9.17) is 0 Å². The van der Waals surface area contributed by atoms with Crippen LogP contribution in [-0.2, 0) is 4.79 Å². The summed E-state index contributed by atoms with van der Waals surface area (Å²) in [6.45, 7) is 1.06. The lowest BCUT2D eigenvalue weighted by Gasteiger charge is -2.36. The number of carbonyl (C=O) groups is 2. The van der Waals surface area contributed by atoms with Gasteiger partial charge in [0, 0.05) is 24.7 Å². The van der Waals surface area contributed by atoms with E-state index in [1.165, 1.54) is 18.2 Å². The van der Waals surface area contributed by atoms with Gasteiger partial charge in [-0.1, -0.05) is 0 Å². The number of nitrogens with zero attached hydrogens (tertiary/aromatic N) is 1. The zero-order chi connectivity index (χ0) is 14.3. The standard InChI is InChI=1S/C14H16N2O4/c17-9-4-8(5-10(18)6-9)14(20)16-3-1-2-11-12(16)7-15-13(11)19/h4-6,11-12,17-18H,1-3,7H2,(H,15,19). The smallest absolute Gasteiger partial charge is 0.254 e. The van der Waals surface area contributed by atoms with E-state index in [1.54, 1.807) is 4.90 Å². The molecule has 0 aromatic heterocycles. The van der Waals surface area contributed by atoms with Crippen molar-refractivity contribution in [2.45, 2.75) is 18.9 Å². The molecule has 0 aliphatic carbocycles. The Morgan fingerprint density at radius 1 is 1.25 bits per heavy atom. The van der Waals surface area contributed by atoms with Crippen molar-refractivity contribution >= 4 is 11.8 Å². The minimum Gasteiger partial charge on any atom is -0.508 e. The van der Waals surface area contributed by atoms with Crippen molar-refractivity contribution in [3.63, 3.8) is 0 Å². The van der Waals surface area contributed by atoms with Crippen LogP contribution in [0.25, 0.3) is 0 Å². The third-order valence-corrected chi connectivity index (χ3v) is 4.01. The average Bonchev–Trinajstić information content (AvgIpc) is 2.79. The molecule has 0 saturated carbocycles. The van der Waals surface area contributed by atoms with Gasteiger partial charge >= 0.3 is 0 Å². The summed E-state index contributed by atoms with van der Waals surface area (Å²) < 4.78 is 0. The molecule has 0 radical (unpaired) electrons. The molecule has 0 bridgehead atoms. The van der Waals surface area contributed by atoms with Crippen LogP contribution in [0.4, 0.5) is 0 Å². The van der Waals surface area contributed by atoms with Gasteiger partial charge in [-0.25, -0.2) is 0 Å². The predicted octanol–water partition coefficient (Wildman–Crippen LogP) is 0.448. The number of rotatable bonds is 1. The SMILES string of the molecule is O=C1NCC2C1CCCN2C(=O)c1cc(O)cc(O)c1. The zero-order valence-electron chi connectivity index (χ0n) is 10.9. The van der Waals surface area contributed by atoms with Gasteiger partial charge in [0.2, 0.25) is 5.91 Å². The van der Waals surface area contributed by atoms with E-state index in [0.29, 0.717) is 13.1 Å². The molecule has 2 saturated heterocycles. The minimum absolute atomic E-state index is 0.00579. The Balaban J connectivity index is 1.88. The van der Waals surface area contributed by atoms with Gasteiger partial charge in [-0.15, -0.1) is 0 Å². The van der Waals surface area contributed by atoms with Crippen LogP contribution in [0.1, 0.15) is 23.2 Å². The van der Waals surface area contributed by atoms with E-state index in [2.05, 4.69) is 5.32 Å². The van der Waals surface area contributed by atoms with Crippen LogP contribution < -0.4 is 5.32 Å². The van der Waals surface area contributed by atoms with Gasteiger partial charge in [0.05, 0.1) is 12.0 Å². The molecule has 3 N–H and O–H groups in total. The Bertz CT molecular complexity index is 552. The highest BCUT2D eigenvalue weighted by molar-refractivity contribution is 5.96. The number of carbonyl (C=O) groups excluding carboxylic acids is 2. The molecule has 2 fully saturated rings. The first-order valence-electron chi connectivity index (χ1n) is 6.68. The topological polar surface area (TPSA) is 89.9 Å². The predicted molar refractivity (Wildman–Crippen MR) is 70.3 cm³/mol. The first-order chi connectivity index (χ1) is 9.56. The second kappa shape index (κ2) is 4.70. The van der Waals surface area contributed by atoms with Crippen molar-refractivity contribution < 1.29 is 19.8 Å². The molecule has 2 heterocycles. The molecule has 1 aromatic rings. The zero-order valence-corrected chi connectivity index (χ0v) is 10.9. The van der Waals surface area contributed by atoms with E-state index in [0.717, 1.165) is 12.8 Å². The number of hydrogen-bond acceptors (Lipinski definition) is 4. The van der Waals surface area contributed by atoms with Crippen molar-refractivity contribution in [3.8, 4) is 11.5 Å². The molecule has 2 aliphatic rings. The highest BCUT2D eigenvalue weighted by Crippen LogP contribution is 2.30. The van der Waals surface area contributed by atoms with Gasteiger partial charge in [0.15, 0.2) is 0 Å². The Morgan fingerprint density at radius 2 is 1.95 bits per heavy atom. The maximum absolute atomic E-state index is 12.5. The highest BCUT2D eigenvalue weighted by Gasteiger charge is 2.42. The number of nitrogens with one attached hydrogen (secondary N) is 1. The Hall–Kier alpha value is -2.24. The lowest BCUT2D eigenvalue weighted by molar-refractivity contribution is -0.123. The number of phenols is 2. The Morgan fingerprint density at radius 3 is 2.65 bits per heavy atom. The molecule has 6 nitrogen and oxygen atoms in total. The van der Waals surface area contributed by atoms with Gasteiger partial charge < -0.3 is 20.4 Å². The average molecular weight is 276 g/mol. The fraction of sp³-hybridized carbons (Fsp3) is 0.429. The molecule has 3 rings (SSSR count). The molecule has 0 spiro atoms. The summed E-state index contributed by atoms with van der Waals surface area (Å²) >= 11 is 0. The number of hydrogen-bond donors (Lipinski definition) is 3. The number of fused-ring (bicyclic) bond motifs is 1. The number of aromatic hydroxyl groups is 2. The maximum Gasteiger partial charge on any atom is 0.254 e. The van der Waals surface area contributed by atoms with Gasteiger partial charge in [0.1, 0.15) is 11.5 Å². The minimum atomic E-state index is -0.262. The third kappa shape index (κ3) is 2.07. The van der Waals surface area contributed by atoms with Crippen molar-refractivity contribution in [1.29, 1.82) is 0 Å². The summed E-state index contributed by atoms with van der Waals surface area (Å²) in [6, 6.07) is 3.70. The normalized spacial score (nSPS) is 25.2. The molecule has 1 aromatic carbocycles. The molecule has 20 heavy (non-hydrogen) atoms. The summed E-state index contributed by atoms with van der Waals surface area (Å²) in [7, 11) is 0. The van der Waals surface area contributed by atoms with E-state index in [-0.39, 0.29) is 40.8 Å². The molecule has 106 valence electrons. The van der Waals surface area contributed by atoms with Crippen LogP contribution in [0.3, 0.4) is 0 Å². The maximum atomic E-state index is 12.5. The first-order valence-corrected chi connectivity index (χ1v) is 6.68. The molecule has 2 unspecified atom stereocenters. The van der Waals surface area contributed by atoms with Gasteiger partial charge in [-0.2, -0.15) is 0 Å². The van der Waals surface area contributed by atoms with Crippen LogP contribution in [-0.4, -0.2) is 46.1 Å². The van der Waals surface area contributed by atoms with Crippen LogP contribution in [0.2, 0.25) is 0 Å². The number of likely N-dealkylation sites (tertiary alicyclic amines) is 1. The first kappa shape index (κ1) is 12.8. The highest BCUT2D eigenvalue weighted by atomic mass is 16.3. The summed E-state index contributed by atoms with van der Waals surface area (Å²) in [5.41, 5.74) is 0.238. The molecule has 2 atom stereocenters. The number of amides is 2. The molecule has 2 aliphatic heterocycles. The largest absolute Gasteiger partial charge is 0.508 e. The lowest BCUT2D eigenvalue weighted by atomic mass is 9.91. The monoisotopic (exact) mass is 276 g/mol. The van der Waals surface area contributed by atoms with Crippen LogP contribution >= 0.6 is 0 Å². The summed E-state index contributed by atoms with van der Waals surface area (Å²) in [5, 5.41) is 21.7. The Kier molecular flexibility index (Phi) is 3.00. The van der Waals surface area contributed by atoms with E-state index >= 15 is 0 Å². The van der Waals surface area contributed by atoms with Crippen LogP contribution in [0.5, 0.6) is 11.5 Å². The lowest BCUT2D eigenvalue weighted by Crippen LogP contribution is -2.48. The van der Waals surface area contributed by atoms with Crippen molar-refractivity contribution in [2.24, 2.45) is 5.92 Å². The fourth-order valence-electron chi connectivity index (χ4n) is 3.09.